The molecular formula is C13H16N2O3S3. The van der Waals surface area contributed by atoms with Gasteiger partial charge in [-0.15, -0.1) is 11.8 Å². The molecule has 0 saturated carbocycles. The van der Waals surface area contributed by atoms with Gasteiger partial charge in [-0.05, 0) is 37.8 Å². The van der Waals surface area contributed by atoms with Crippen molar-refractivity contribution in [3.63, 3.8) is 0 Å². The molecule has 1 heterocycles. The van der Waals surface area contributed by atoms with E-state index in [1.165, 1.54) is 0 Å². The third-order valence-electron chi connectivity index (χ3n) is 2.97. The highest BCUT2D eigenvalue weighted by Gasteiger charge is 2.23. The van der Waals surface area contributed by atoms with E-state index >= 15 is 0 Å². The molecule has 0 radical (unpaired) electrons. The number of hydrogen-bond donors (Lipinski definition) is 2. The SMILES string of the molecule is CSc1ccc(C(C)NS(=O)(=O)c2sc(=O)[nH]c2C)cc1. The standard InChI is InChI=1S/C13H16N2O3S3/c1-8(10-4-6-11(19-3)7-5-10)15-21(17,18)12-9(2)14-13(16)20-12/h4-8,15H,1-3H3,(H,14,16). The molecule has 1 aromatic heterocycles. The zero-order chi connectivity index (χ0) is 15.6. The van der Waals surface area contributed by atoms with E-state index in [1.807, 2.05) is 30.5 Å². The Kier molecular flexibility index (Phi) is 4.92. The number of benzene rings is 1. The maximum atomic E-state index is 12.3. The highest BCUT2D eigenvalue weighted by Crippen LogP contribution is 2.22. The molecule has 1 unspecified atom stereocenters. The number of nitrogens with one attached hydrogen (secondary N) is 2. The number of aromatic amines is 1. The van der Waals surface area contributed by atoms with Crippen LogP contribution in [0.15, 0.2) is 38.2 Å². The minimum atomic E-state index is -3.70. The first kappa shape index (κ1) is 16.3. The van der Waals surface area contributed by atoms with Crippen molar-refractivity contribution >= 4 is 33.1 Å². The van der Waals surface area contributed by atoms with Gasteiger partial charge in [-0.2, -0.15) is 0 Å². The summed E-state index contributed by atoms with van der Waals surface area (Å²) < 4.78 is 27.3. The summed E-state index contributed by atoms with van der Waals surface area (Å²) in [6.45, 7) is 3.35. The van der Waals surface area contributed by atoms with Crippen molar-refractivity contribution in [2.24, 2.45) is 0 Å². The van der Waals surface area contributed by atoms with E-state index in [0.29, 0.717) is 17.0 Å². The van der Waals surface area contributed by atoms with Gasteiger partial charge in [-0.3, -0.25) is 4.79 Å². The van der Waals surface area contributed by atoms with Crippen molar-refractivity contribution < 1.29 is 8.42 Å². The second-order valence-corrected chi connectivity index (χ2v) is 8.32. The van der Waals surface area contributed by atoms with Crippen molar-refractivity contribution in [1.82, 2.24) is 9.71 Å². The van der Waals surface area contributed by atoms with Gasteiger partial charge in [0.25, 0.3) is 10.0 Å². The summed E-state index contributed by atoms with van der Waals surface area (Å²) in [6.07, 6.45) is 1.98. The monoisotopic (exact) mass is 344 g/mol. The normalized spacial score (nSPS) is 13.3. The van der Waals surface area contributed by atoms with Gasteiger partial charge >= 0.3 is 4.87 Å². The lowest BCUT2D eigenvalue weighted by molar-refractivity contribution is 0.568. The highest BCUT2D eigenvalue weighted by molar-refractivity contribution is 7.98. The summed E-state index contributed by atoms with van der Waals surface area (Å²) in [4.78, 5) is 14.5. The number of H-pyrrole nitrogens is 1. The summed E-state index contributed by atoms with van der Waals surface area (Å²) in [6, 6.07) is 7.31. The van der Waals surface area contributed by atoms with Crippen molar-refractivity contribution in [3.05, 3.63) is 45.2 Å². The number of aromatic nitrogens is 1. The van der Waals surface area contributed by atoms with Crippen LogP contribution in [-0.2, 0) is 10.0 Å². The Morgan fingerprint density at radius 1 is 1.29 bits per heavy atom. The lowest BCUT2D eigenvalue weighted by Gasteiger charge is -2.14. The quantitative estimate of drug-likeness (QED) is 0.817. The maximum absolute atomic E-state index is 12.3. The summed E-state index contributed by atoms with van der Waals surface area (Å²) >= 11 is 2.33. The minimum absolute atomic E-state index is 0.0417. The second kappa shape index (κ2) is 6.35. The van der Waals surface area contributed by atoms with Gasteiger partial charge in [0.2, 0.25) is 0 Å². The Hall–Kier alpha value is -1.09. The zero-order valence-corrected chi connectivity index (χ0v) is 14.3. The molecule has 0 aliphatic heterocycles. The highest BCUT2D eigenvalue weighted by atomic mass is 32.2. The van der Waals surface area contributed by atoms with Gasteiger partial charge in [0.15, 0.2) is 4.21 Å². The Morgan fingerprint density at radius 3 is 2.38 bits per heavy atom. The Morgan fingerprint density at radius 2 is 1.90 bits per heavy atom. The van der Waals surface area contributed by atoms with Gasteiger partial charge in [-0.25, -0.2) is 13.1 Å². The third kappa shape index (κ3) is 3.76. The lowest BCUT2D eigenvalue weighted by atomic mass is 10.1. The molecule has 0 saturated heterocycles. The molecular weight excluding hydrogens is 328 g/mol. The Bertz CT molecular complexity index is 776. The lowest BCUT2D eigenvalue weighted by Crippen LogP contribution is -2.26. The molecule has 1 atom stereocenters. The molecule has 0 aliphatic carbocycles. The molecule has 114 valence electrons. The first-order valence-electron chi connectivity index (χ1n) is 6.19. The Labute approximate surface area is 131 Å². The molecule has 8 heteroatoms. The third-order valence-corrected chi connectivity index (χ3v) is 6.86. The summed E-state index contributed by atoms with van der Waals surface area (Å²) in [5, 5.41) is 0. The fourth-order valence-corrected chi connectivity index (χ4v) is 4.85. The van der Waals surface area contributed by atoms with Crippen LogP contribution in [0, 0.1) is 6.92 Å². The molecule has 1 aromatic carbocycles. The van der Waals surface area contributed by atoms with E-state index in [-0.39, 0.29) is 15.1 Å². The summed E-state index contributed by atoms with van der Waals surface area (Å²) in [5.74, 6) is 0. The number of thioether (sulfide) groups is 1. The Balaban J connectivity index is 2.23. The van der Waals surface area contributed by atoms with E-state index in [1.54, 1.807) is 25.6 Å². The number of sulfonamides is 1. The predicted molar refractivity (Wildman–Crippen MR) is 86.6 cm³/mol. The van der Waals surface area contributed by atoms with Gasteiger partial charge in [0.1, 0.15) is 0 Å². The average Bonchev–Trinajstić information content (AvgIpc) is 2.78. The molecule has 0 fully saturated rings. The maximum Gasteiger partial charge on any atom is 0.305 e. The van der Waals surface area contributed by atoms with Crippen molar-refractivity contribution in [2.45, 2.75) is 29.0 Å². The van der Waals surface area contributed by atoms with Gasteiger partial charge in [0.05, 0.1) is 0 Å². The largest absolute Gasteiger partial charge is 0.315 e. The van der Waals surface area contributed by atoms with Crippen LogP contribution in [-0.4, -0.2) is 19.7 Å². The number of rotatable bonds is 5. The van der Waals surface area contributed by atoms with Gasteiger partial charge in [0, 0.05) is 16.6 Å². The number of aryl methyl sites for hydroxylation is 1. The molecule has 2 rings (SSSR count). The molecule has 2 aromatic rings. The molecule has 2 N–H and O–H groups in total. The molecule has 0 bridgehead atoms. The predicted octanol–water partition coefficient (Wildman–Crippen LogP) is 2.51. The van der Waals surface area contributed by atoms with E-state index in [0.717, 1.165) is 10.5 Å². The van der Waals surface area contributed by atoms with Crippen molar-refractivity contribution in [3.8, 4) is 0 Å². The van der Waals surface area contributed by atoms with Crippen LogP contribution >= 0.6 is 23.1 Å². The molecule has 0 spiro atoms. The van der Waals surface area contributed by atoms with Crippen LogP contribution in [0.5, 0.6) is 0 Å². The molecule has 21 heavy (non-hydrogen) atoms. The molecule has 0 aliphatic rings. The molecule has 0 amide bonds. The second-order valence-electron chi connectivity index (χ2n) is 4.54. The first-order chi connectivity index (χ1) is 9.83. The van der Waals surface area contributed by atoms with E-state index in [9.17, 15) is 13.2 Å². The van der Waals surface area contributed by atoms with E-state index in [2.05, 4.69) is 9.71 Å². The van der Waals surface area contributed by atoms with Gasteiger partial charge < -0.3 is 4.98 Å². The summed E-state index contributed by atoms with van der Waals surface area (Å²) in [7, 11) is -3.70. The van der Waals surface area contributed by atoms with Crippen LogP contribution in [0.3, 0.4) is 0 Å². The fraction of sp³-hybridized carbons (Fsp3) is 0.308. The van der Waals surface area contributed by atoms with Crippen LogP contribution in [0.25, 0.3) is 0 Å². The van der Waals surface area contributed by atoms with Crippen LogP contribution < -0.4 is 9.60 Å². The fourth-order valence-electron chi connectivity index (χ4n) is 1.89. The topological polar surface area (TPSA) is 79.0 Å². The zero-order valence-electron chi connectivity index (χ0n) is 11.8. The minimum Gasteiger partial charge on any atom is -0.315 e. The summed E-state index contributed by atoms with van der Waals surface area (Å²) in [5.41, 5.74) is 1.24. The number of hydrogen-bond acceptors (Lipinski definition) is 5. The van der Waals surface area contributed by atoms with Crippen LogP contribution in [0.4, 0.5) is 0 Å². The van der Waals surface area contributed by atoms with Crippen molar-refractivity contribution in [1.29, 1.82) is 0 Å². The average molecular weight is 344 g/mol. The van der Waals surface area contributed by atoms with Crippen molar-refractivity contribution in [2.75, 3.05) is 6.26 Å². The molecule has 5 nitrogen and oxygen atoms in total. The van der Waals surface area contributed by atoms with E-state index in [4.69, 9.17) is 0 Å². The smallest absolute Gasteiger partial charge is 0.305 e. The van der Waals surface area contributed by atoms with Gasteiger partial charge in [-0.1, -0.05) is 23.5 Å². The van der Waals surface area contributed by atoms with Crippen LogP contribution in [0.2, 0.25) is 0 Å². The van der Waals surface area contributed by atoms with Crippen LogP contribution in [0.1, 0.15) is 24.2 Å². The number of thiazole rings is 1. The first-order valence-corrected chi connectivity index (χ1v) is 9.72. The van der Waals surface area contributed by atoms with E-state index < -0.39 is 10.0 Å².